The highest BCUT2D eigenvalue weighted by molar-refractivity contribution is 5.87. The zero-order valence-electron chi connectivity index (χ0n) is 11.1. The Bertz CT molecular complexity index is 678. The molecule has 5 nitrogen and oxygen atoms in total. The maximum absolute atomic E-state index is 11.4. The number of hydrogen-bond acceptors (Lipinski definition) is 4. The van der Waals surface area contributed by atoms with Crippen molar-refractivity contribution >= 4 is 11.8 Å². The van der Waals surface area contributed by atoms with Gasteiger partial charge in [0.15, 0.2) is 6.29 Å². The number of ether oxygens (including phenoxy) is 1. The van der Waals surface area contributed by atoms with Gasteiger partial charge in [0.2, 0.25) is 0 Å². The summed E-state index contributed by atoms with van der Waals surface area (Å²) in [6, 6.07) is 7.81. The molecule has 0 amide bonds. The molecule has 0 atom stereocenters. The van der Waals surface area contributed by atoms with Crippen LogP contribution in [0.1, 0.15) is 21.6 Å². The average molecular weight is 269 g/mol. The molecule has 1 saturated heterocycles. The van der Waals surface area contributed by atoms with Crippen molar-refractivity contribution in [1.29, 1.82) is 5.26 Å². The van der Waals surface area contributed by atoms with E-state index in [-0.39, 0.29) is 0 Å². The summed E-state index contributed by atoms with van der Waals surface area (Å²) in [5, 5.41) is 9.31. The molecule has 3 heterocycles. The molecular weight excluding hydrogens is 254 g/mol. The molecule has 0 N–H and O–H groups in total. The maximum Gasteiger partial charge on any atom is 0.153 e. The lowest BCUT2D eigenvalue weighted by Crippen LogP contribution is -2.36. The molecule has 0 aliphatic carbocycles. The Morgan fingerprint density at radius 3 is 2.85 bits per heavy atom. The molecule has 0 spiro atoms. The van der Waals surface area contributed by atoms with Crippen LogP contribution in [0.3, 0.4) is 0 Å². The van der Waals surface area contributed by atoms with E-state index in [1.54, 1.807) is 0 Å². The van der Waals surface area contributed by atoms with Crippen LogP contribution in [-0.4, -0.2) is 41.9 Å². The Labute approximate surface area is 117 Å². The predicted octanol–water partition coefficient (Wildman–Crippen LogP) is 1.46. The molecule has 102 valence electrons. The van der Waals surface area contributed by atoms with Crippen molar-refractivity contribution in [2.75, 3.05) is 26.3 Å². The molecular formula is C15H15N3O2. The number of pyridine rings is 1. The fraction of sp³-hybridized carbons (Fsp3) is 0.333. The van der Waals surface area contributed by atoms with Crippen LogP contribution in [0.2, 0.25) is 0 Å². The van der Waals surface area contributed by atoms with E-state index in [9.17, 15) is 10.1 Å². The molecule has 2 aromatic heterocycles. The van der Waals surface area contributed by atoms with E-state index in [0.717, 1.165) is 30.6 Å². The maximum atomic E-state index is 11.4. The van der Waals surface area contributed by atoms with E-state index < -0.39 is 0 Å². The second kappa shape index (κ2) is 5.45. The first kappa shape index (κ1) is 12.9. The standard InChI is InChI=1S/C15H15N3O2/c16-9-12-13(11-19)15(10-17-5-7-20-8-6-17)18-4-2-1-3-14(12)18/h1-4,11H,5-8,10H2. The molecule has 20 heavy (non-hydrogen) atoms. The van der Waals surface area contributed by atoms with Crippen molar-refractivity contribution < 1.29 is 9.53 Å². The van der Waals surface area contributed by atoms with Gasteiger partial charge in [-0.25, -0.2) is 0 Å². The predicted molar refractivity (Wildman–Crippen MR) is 73.6 cm³/mol. The van der Waals surface area contributed by atoms with Crippen molar-refractivity contribution in [1.82, 2.24) is 9.30 Å². The number of carbonyl (C=O) groups excluding carboxylic acids is 1. The number of nitriles is 1. The Hall–Kier alpha value is -2.16. The normalized spacial score (nSPS) is 16.1. The summed E-state index contributed by atoms with van der Waals surface area (Å²) in [5.74, 6) is 0. The molecule has 0 bridgehead atoms. The minimum Gasteiger partial charge on any atom is -0.379 e. The van der Waals surface area contributed by atoms with Gasteiger partial charge in [-0.1, -0.05) is 6.07 Å². The van der Waals surface area contributed by atoms with Crippen molar-refractivity contribution in [3.63, 3.8) is 0 Å². The van der Waals surface area contributed by atoms with E-state index in [4.69, 9.17) is 4.74 Å². The molecule has 1 aliphatic heterocycles. The summed E-state index contributed by atoms with van der Waals surface area (Å²) in [6.07, 6.45) is 2.69. The van der Waals surface area contributed by atoms with Crippen LogP contribution in [0.4, 0.5) is 0 Å². The van der Waals surface area contributed by atoms with E-state index in [1.165, 1.54) is 0 Å². The number of aromatic nitrogens is 1. The zero-order chi connectivity index (χ0) is 13.9. The topological polar surface area (TPSA) is 57.7 Å². The molecule has 1 fully saturated rings. The van der Waals surface area contributed by atoms with Crippen LogP contribution in [0.15, 0.2) is 24.4 Å². The Morgan fingerprint density at radius 2 is 2.15 bits per heavy atom. The average Bonchev–Trinajstić information content (AvgIpc) is 2.81. The number of morpholine rings is 1. The summed E-state index contributed by atoms with van der Waals surface area (Å²) in [7, 11) is 0. The second-order valence-corrected chi connectivity index (χ2v) is 4.81. The molecule has 0 unspecified atom stereocenters. The van der Waals surface area contributed by atoms with Crippen LogP contribution in [0.5, 0.6) is 0 Å². The minimum absolute atomic E-state index is 0.462. The lowest BCUT2D eigenvalue weighted by atomic mass is 10.1. The van der Waals surface area contributed by atoms with Gasteiger partial charge >= 0.3 is 0 Å². The Kier molecular flexibility index (Phi) is 3.50. The van der Waals surface area contributed by atoms with Crippen LogP contribution in [0, 0.1) is 11.3 Å². The quantitative estimate of drug-likeness (QED) is 0.791. The van der Waals surface area contributed by atoms with E-state index in [1.807, 2.05) is 28.8 Å². The van der Waals surface area contributed by atoms with E-state index in [2.05, 4.69) is 11.0 Å². The number of nitrogens with zero attached hydrogens (tertiary/aromatic N) is 3. The SMILES string of the molecule is N#Cc1c(C=O)c(CN2CCOCC2)n2ccccc12. The van der Waals surface area contributed by atoms with Crippen LogP contribution < -0.4 is 0 Å². The molecule has 0 radical (unpaired) electrons. The van der Waals surface area contributed by atoms with Gasteiger partial charge in [0, 0.05) is 31.5 Å². The van der Waals surface area contributed by atoms with Crippen LogP contribution in [-0.2, 0) is 11.3 Å². The zero-order valence-corrected chi connectivity index (χ0v) is 11.1. The van der Waals surface area contributed by atoms with Gasteiger partial charge in [0.05, 0.1) is 29.9 Å². The van der Waals surface area contributed by atoms with Crippen molar-refractivity contribution in [2.24, 2.45) is 0 Å². The van der Waals surface area contributed by atoms with Gasteiger partial charge in [0.1, 0.15) is 6.07 Å². The minimum atomic E-state index is 0.462. The summed E-state index contributed by atoms with van der Waals surface area (Å²) >= 11 is 0. The number of carbonyl (C=O) groups is 1. The summed E-state index contributed by atoms with van der Waals surface area (Å²) in [5.41, 5.74) is 2.64. The molecule has 0 aromatic carbocycles. The molecule has 0 saturated carbocycles. The van der Waals surface area contributed by atoms with Crippen molar-refractivity contribution in [3.8, 4) is 6.07 Å². The first-order valence-corrected chi connectivity index (χ1v) is 6.62. The number of aldehydes is 1. The third-order valence-electron chi connectivity index (χ3n) is 3.69. The Balaban J connectivity index is 2.08. The van der Waals surface area contributed by atoms with Crippen LogP contribution in [0.25, 0.3) is 5.52 Å². The number of hydrogen-bond donors (Lipinski definition) is 0. The van der Waals surface area contributed by atoms with Crippen LogP contribution >= 0.6 is 0 Å². The smallest absolute Gasteiger partial charge is 0.153 e. The molecule has 1 aliphatic rings. The highest BCUT2D eigenvalue weighted by Gasteiger charge is 2.20. The fourth-order valence-electron chi connectivity index (χ4n) is 2.67. The summed E-state index contributed by atoms with van der Waals surface area (Å²) in [6.45, 7) is 3.78. The van der Waals surface area contributed by atoms with Gasteiger partial charge < -0.3 is 9.14 Å². The monoisotopic (exact) mass is 269 g/mol. The lowest BCUT2D eigenvalue weighted by Gasteiger charge is -2.26. The van der Waals surface area contributed by atoms with E-state index in [0.29, 0.717) is 30.9 Å². The lowest BCUT2D eigenvalue weighted by molar-refractivity contribution is 0.0335. The van der Waals surface area contributed by atoms with Gasteiger partial charge in [0.25, 0.3) is 0 Å². The number of fused-ring (bicyclic) bond motifs is 1. The third-order valence-corrected chi connectivity index (χ3v) is 3.69. The molecule has 2 aromatic rings. The first-order valence-electron chi connectivity index (χ1n) is 6.62. The largest absolute Gasteiger partial charge is 0.379 e. The molecule has 5 heteroatoms. The fourth-order valence-corrected chi connectivity index (χ4v) is 2.67. The highest BCUT2D eigenvalue weighted by atomic mass is 16.5. The first-order chi connectivity index (χ1) is 9.85. The highest BCUT2D eigenvalue weighted by Crippen LogP contribution is 2.23. The second-order valence-electron chi connectivity index (χ2n) is 4.81. The molecule has 3 rings (SSSR count). The van der Waals surface area contributed by atoms with Gasteiger partial charge in [-0.3, -0.25) is 9.69 Å². The third kappa shape index (κ3) is 2.09. The summed E-state index contributed by atoms with van der Waals surface area (Å²) in [4.78, 5) is 13.7. The van der Waals surface area contributed by atoms with E-state index >= 15 is 0 Å². The van der Waals surface area contributed by atoms with Gasteiger partial charge in [-0.05, 0) is 12.1 Å². The Morgan fingerprint density at radius 1 is 1.35 bits per heavy atom. The van der Waals surface area contributed by atoms with Crippen molar-refractivity contribution in [3.05, 3.63) is 41.2 Å². The number of rotatable bonds is 3. The van der Waals surface area contributed by atoms with Crippen molar-refractivity contribution in [2.45, 2.75) is 6.54 Å². The van der Waals surface area contributed by atoms with Gasteiger partial charge in [-0.15, -0.1) is 0 Å². The van der Waals surface area contributed by atoms with Gasteiger partial charge in [-0.2, -0.15) is 5.26 Å². The summed E-state index contributed by atoms with van der Waals surface area (Å²) < 4.78 is 7.28.